The number of nitrogens with zero attached hydrogens (tertiary/aromatic N) is 2. The van der Waals surface area contributed by atoms with Gasteiger partial charge in [0.1, 0.15) is 11.4 Å². The Kier molecular flexibility index (Phi) is 2.76. The lowest BCUT2D eigenvalue weighted by atomic mass is 10.1. The van der Waals surface area contributed by atoms with Crippen molar-refractivity contribution in [2.45, 2.75) is 0 Å². The molecule has 1 aromatic carbocycles. The number of nitriles is 1. The third kappa shape index (κ3) is 1.97. The molecule has 0 saturated carbocycles. The Labute approximate surface area is 97.6 Å². The number of rotatable bonds is 1. The monoisotopic (exact) mass is 230 g/mol. The third-order valence-corrected chi connectivity index (χ3v) is 2.31. The lowest BCUT2D eigenvalue weighted by Gasteiger charge is -2.04. The Bertz CT molecular complexity index is 575. The predicted molar refractivity (Wildman–Crippen MR) is 61.1 cm³/mol. The largest absolute Gasteiger partial charge is 0.506 e. The van der Waals surface area contributed by atoms with Gasteiger partial charge in [-0.1, -0.05) is 23.7 Å². The quantitative estimate of drug-likeness (QED) is 0.819. The van der Waals surface area contributed by atoms with Gasteiger partial charge in [0, 0.05) is 17.8 Å². The zero-order valence-electron chi connectivity index (χ0n) is 8.18. The summed E-state index contributed by atoms with van der Waals surface area (Å²) in [6.07, 6.45) is 1.45. The number of halogens is 1. The molecule has 4 heteroatoms. The van der Waals surface area contributed by atoms with Crippen LogP contribution in [-0.2, 0) is 0 Å². The van der Waals surface area contributed by atoms with E-state index >= 15 is 0 Å². The SMILES string of the molecule is N#Cc1cccc(-c2ncc(Cl)cc2O)c1. The topological polar surface area (TPSA) is 56.9 Å². The number of aromatic nitrogens is 1. The molecule has 0 saturated heterocycles. The second kappa shape index (κ2) is 4.21. The van der Waals surface area contributed by atoms with Gasteiger partial charge in [0.25, 0.3) is 0 Å². The van der Waals surface area contributed by atoms with Crippen molar-refractivity contribution in [3.8, 4) is 23.1 Å². The average Bonchev–Trinajstić information content (AvgIpc) is 2.29. The number of benzene rings is 1. The highest BCUT2D eigenvalue weighted by molar-refractivity contribution is 6.30. The molecule has 2 aromatic rings. The minimum Gasteiger partial charge on any atom is -0.506 e. The summed E-state index contributed by atoms with van der Waals surface area (Å²) in [7, 11) is 0. The number of hydrogen-bond donors (Lipinski definition) is 1. The Balaban J connectivity index is 2.55. The molecule has 1 aromatic heterocycles. The lowest BCUT2D eigenvalue weighted by Crippen LogP contribution is -1.85. The van der Waals surface area contributed by atoms with Crippen molar-refractivity contribution in [2.24, 2.45) is 0 Å². The molecule has 0 aliphatic rings. The molecule has 2 rings (SSSR count). The number of aromatic hydroxyl groups is 1. The summed E-state index contributed by atoms with van der Waals surface area (Å²) in [4.78, 5) is 4.03. The molecule has 1 N–H and O–H groups in total. The summed E-state index contributed by atoms with van der Waals surface area (Å²) >= 11 is 5.69. The Hall–Kier alpha value is -2.05. The van der Waals surface area contributed by atoms with Crippen molar-refractivity contribution in [1.29, 1.82) is 5.26 Å². The molecule has 0 bridgehead atoms. The van der Waals surface area contributed by atoms with Gasteiger partial charge < -0.3 is 5.11 Å². The third-order valence-electron chi connectivity index (χ3n) is 2.10. The first kappa shape index (κ1) is 10.5. The number of hydrogen-bond acceptors (Lipinski definition) is 3. The summed E-state index contributed by atoms with van der Waals surface area (Å²) in [5, 5.41) is 18.8. The Morgan fingerprint density at radius 3 is 2.81 bits per heavy atom. The van der Waals surface area contributed by atoms with E-state index in [0.717, 1.165) is 0 Å². The van der Waals surface area contributed by atoms with Crippen LogP contribution in [0.2, 0.25) is 5.02 Å². The Morgan fingerprint density at radius 2 is 2.12 bits per heavy atom. The van der Waals surface area contributed by atoms with Crippen LogP contribution >= 0.6 is 11.6 Å². The van der Waals surface area contributed by atoms with Gasteiger partial charge in [-0.25, -0.2) is 0 Å². The van der Waals surface area contributed by atoms with Crippen LogP contribution in [-0.4, -0.2) is 10.1 Å². The van der Waals surface area contributed by atoms with Crippen molar-refractivity contribution < 1.29 is 5.11 Å². The van der Waals surface area contributed by atoms with E-state index in [1.807, 2.05) is 6.07 Å². The van der Waals surface area contributed by atoms with E-state index in [1.165, 1.54) is 12.3 Å². The molecule has 0 fully saturated rings. The van der Waals surface area contributed by atoms with E-state index in [4.69, 9.17) is 16.9 Å². The summed E-state index contributed by atoms with van der Waals surface area (Å²) in [5.74, 6) is 0.00240. The van der Waals surface area contributed by atoms with Gasteiger partial charge in [-0.05, 0) is 12.1 Å². The maximum absolute atomic E-state index is 9.68. The van der Waals surface area contributed by atoms with Crippen LogP contribution in [0.3, 0.4) is 0 Å². The summed E-state index contributed by atoms with van der Waals surface area (Å²) in [6.45, 7) is 0. The molecule has 0 unspecified atom stereocenters. The highest BCUT2D eigenvalue weighted by Crippen LogP contribution is 2.29. The molecule has 0 aliphatic carbocycles. The van der Waals surface area contributed by atoms with Crippen molar-refractivity contribution in [3.63, 3.8) is 0 Å². The second-order valence-corrected chi connectivity index (χ2v) is 3.65. The van der Waals surface area contributed by atoms with E-state index in [-0.39, 0.29) is 5.75 Å². The van der Waals surface area contributed by atoms with Gasteiger partial charge in [0.05, 0.1) is 16.7 Å². The van der Waals surface area contributed by atoms with Crippen LogP contribution in [0.1, 0.15) is 5.56 Å². The first-order valence-electron chi connectivity index (χ1n) is 4.56. The van der Waals surface area contributed by atoms with E-state index in [0.29, 0.717) is 21.8 Å². The van der Waals surface area contributed by atoms with Gasteiger partial charge in [-0.3, -0.25) is 4.98 Å². The highest BCUT2D eigenvalue weighted by Gasteiger charge is 2.06. The lowest BCUT2D eigenvalue weighted by molar-refractivity contribution is 0.475. The van der Waals surface area contributed by atoms with Gasteiger partial charge in [0.2, 0.25) is 0 Å². The van der Waals surface area contributed by atoms with Crippen molar-refractivity contribution in [1.82, 2.24) is 4.98 Å². The first-order valence-corrected chi connectivity index (χ1v) is 4.93. The molecule has 78 valence electrons. The minimum atomic E-state index is 0.00240. The van der Waals surface area contributed by atoms with Gasteiger partial charge in [-0.15, -0.1) is 0 Å². The van der Waals surface area contributed by atoms with Gasteiger partial charge >= 0.3 is 0 Å². The van der Waals surface area contributed by atoms with E-state index in [1.54, 1.807) is 24.3 Å². The maximum Gasteiger partial charge on any atom is 0.143 e. The summed E-state index contributed by atoms with van der Waals surface area (Å²) < 4.78 is 0. The Morgan fingerprint density at radius 1 is 1.31 bits per heavy atom. The maximum atomic E-state index is 9.68. The predicted octanol–water partition coefficient (Wildman–Crippen LogP) is 2.98. The highest BCUT2D eigenvalue weighted by atomic mass is 35.5. The summed E-state index contributed by atoms with van der Waals surface area (Å²) in [5.41, 5.74) is 1.63. The van der Waals surface area contributed by atoms with E-state index in [9.17, 15) is 5.11 Å². The standard InChI is InChI=1S/C12H7ClN2O/c13-10-5-11(16)12(15-7-10)9-3-1-2-8(4-9)6-14/h1-5,7,16H. The minimum absolute atomic E-state index is 0.00240. The van der Waals surface area contributed by atoms with E-state index < -0.39 is 0 Å². The van der Waals surface area contributed by atoms with Crippen LogP contribution < -0.4 is 0 Å². The second-order valence-electron chi connectivity index (χ2n) is 3.21. The molecule has 0 aliphatic heterocycles. The molecule has 0 amide bonds. The van der Waals surface area contributed by atoms with E-state index in [2.05, 4.69) is 4.98 Å². The molecule has 0 spiro atoms. The fourth-order valence-electron chi connectivity index (χ4n) is 1.39. The molecule has 16 heavy (non-hydrogen) atoms. The zero-order chi connectivity index (χ0) is 11.5. The van der Waals surface area contributed by atoms with Crippen LogP contribution in [0.5, 0.6) is 5.75 Å². The average molecular weight is 231 g/mol. The fourth-order valence-corrected chi connectivity index (χ4v) is 1.54. The molecule has 0 radical (unpaired) electrons. The van der Waals surface area contributed by atoms with Gasteiger partial charge in [0.15, 0.2) is 0 Å². The molecule has 0 atom stereocenters. The van der Waals surface area contributed by atoms with Gasteiger partial charge in [-0.2, -0.15) is 5.26 Å². The van der Waals surface area contributed by atoms with Crippen LogP contribution in [0, 0.1) is 11.3 Å². The first-order chi connectivity index (χ1) is 7.70. The van der Waals surface area contributed by atoms with Crippen LogP contribution in [0.4, 0.5) is 0 Å². The molecule has 3 nitrogen and oxygen atoms in total. The van der Waals surface area contributed by atoms with Crippen LogP contribution in [0.15, 0.2) is 36.5 Å². The van der Waals surface area contributed by atoms with Crippen molar-refractivity contribution >= 4 is 11.6 Å². The molecular formula is C12H7ClN2O. The normalized spacial score (nSPS) is 9.75. The zero-order valence-corrected chi connectivity index (χ0v) is 8.94. The van der Waals surface area contributed by atoms with Crippen molar-refractivity contribution in [3.05, 3.63) is 47.1 Å². The fraction of sp³-hybridized carbons (Fsp3) is 0. The summed E-state index contributed by atoms with van der Waals surface area (Å²) in [6, 6.07) is 10.3. The smallest absolute Gasteiger partial charge is 0.143 e. The van der Waals surface area contributed by atoms with Crippen LogP contribution in [0.25, 0.3) is 11.3 Å². The molecular weight excluding hydrogens is 224 g/mol. The molecule has 1 heterocycles. The number of pyridine rings is 1. The van der Waals surface area contributed by atoms with Crippen molar-refractivity contribution in [2.75, 3.05) is 0 Å².